The number of amidine groups is 1. The summed E-state index contributed by atoms with van der Waals surface area (Å²) < 4.78 is 0.463. The first-order valence-corrected chi connectivity index (χ1v) is 7.23. The number of aliphatic hydroxyl groups is 1. The number of thioether (sulfide) groups is 2. The number of hydrogen-bond donors (Lipinski definition) is 4. The average Bonchev–Trinajstić information content (AvgIpc) is 2.65. The number of nitrogens with two attached hydrogens (primary N) is 1. The quantitative estimate of drug-likeness (QED) is 0.315. The molecule has 9 heteroatoms. The van der Waals surface area contributed by atoms with Crippen LogP contribution in [-0.2, 0) is 9.59 Å². The van der Waals surface area contributed by atoms with Gasteiger partial charge in [-0.3, -0.25) is 15.1 Å². The molecule has 0 aliphatic carbocycles. The maximum absolute atomic E-state index is 11.7. The number of carboxylic acids is 1. The highest BCUT2D eigenvalue weighted by molar-refractivity contribution is 8.23. The maximum Gasteiger partial charge on any atom is 0.354 e. The molecule has 0 aromatic carbocycles. The van der Waals surface area contributed by atoms with Gasteiger partial charge >= 0.3 is 5.97 Å². The first-order valence-electron chi connectivity index (χ1n) is 5.47. The van der Waals surface area contributed by atoms with Gasteiger partial charge in [-0.2, -0.15) is 0 Å². The van der Waals surface area contributed by atoms with E-state index in [2.05, 4.69) is 0 Å². The van der Waals surface area contributed by atoms with Crippen molar-refractivity contribution in [2.45, 2.75) is 17.5 Å². The molecule has 0 aromatic heterocycles. The number of amides is 1. The van der Waals surface area contributed by atoms with Crippen molar-refractivity contribution in [2.24, 2.45) is 11.7 Å². The number of fused-ring (bicyclic) bond motifs is 1. The lowest BCUT2D eigenvalue weighted by molar-refractivity contribution is -0.153. The smallest absolute Gasteiger partial charge is 0.354 e. The molecule has 3 atom stereocenters. The first kappa shape index (κ1) is 14.2. The van der Waals surface area contributed by atoms with Gasteiger partial charge in [-0.05, 0) is 6.92 Å². The van der Waals surface area contributed by atoms with Crippen LogP contribution in [0.25, 0.3) is 0 Å². The van der Waals surface area contributed by atoms with Crippen LogP contribution in [0.15, 0.2) is 9.93 Å². The first-order chi connectivity index (χ1) is 8.88. The monoisotopic (exact) mass is 303 g/mol. The number of carbonyl (C=O) groups is 2. The fraction of sp³-hybridized carbons (Fsp3) is 0.500. The molecule has 7 nitrogen and oxygen atoms in total. The molecule has 0 bridgehead atoms. The molecular weight excluding hydrogens is 290 g/mol. The van der Waals surface area contributed by atoms with E-state index < -0.39 is 11.9 Å². The molecule has 1 amide bonds. The summed E-state index contributed by atoms with van der Waals surface area (Å²) >= 11 is 2.38. The number of aliphatic hydroxyl groups excluding tert-OH is 1. The Labute approximate surface area is 117 Å². The number of hydrogen-bond acceptors (Lipinski definition) is 6. The van der Waals surface area contributed by atoms with Crippen LogP contribution in [0.5, 0.6) is 0 Å². The summed E-state index contributed by atoms with van der Waals surface area (Å²) in [4.78, 5) is 24.2. The van der Waals surface area contributed by atoms with E-state index in [0.29, 0.717) is 4.24 Å². The van der Waals surface area contributed by atoms with Gasteiger partial charge in [0, 0.05) is 0 Å². The van der Waals surface area contributed by atoms with Gasteiger partial charge < -0.3 is 15.9 Å². The number of carbonyl (C=O) groups excluding carboxylic acids is 1. The molecule has 104 valence electrons. The molecule has 1 saturated heterocycles. The van der Waals surface area contributed by atoms with Gasteiger partial charge in [0.25, 0.3) is 0 Å². The van der Waals surface area contributed by atoms with E-state index in [1.54, 1.807) is 6.92 Å². The Morgan fingerprint density at radius 1 is 1.68 bits per heavy atom. The summed E-state index contributed by atoms with van der Waals surface area (Å²) in [5, 5.41) is 24.9. The maximum atomic E-state index is 11.7. The highest BCUT2D eigenvalue weighted by atomic mass is 32.2. The fourth-order valence-electron chi connectivity index (χ4n) is 1.83. The number of rotatable bonds is 5. The second-order valence-corrected chi connectivity index (χ2v) is 6.90. The normalized spacial score (nSPS) is 27.1. The van der Waals surface area contributed by atoms with E-state index in [-0.39, 0.29) is 34.7 Å². The third-order valence-electron chi connectivity index (χ3n) is 2.94. The highest BCUT2D eigenvalue weighted by Crippen LogP contribution is 2.53. The largest absolute Gasteiger partial charge is 0.477 e. The molecule has 0 spiro atoms. The van der Waals surface area contributed by atoms with E-state index in [4.69, 9.17) is 16.2 Å². The molecule has 5 N–H and O–H groups in total. The molecule has 2 aliphatic heterocycles. The Kier molecular flexibility index (Phi) is 3.79. The average molecular weight is 303 g/mol. The Morgan fingerprint density at radius 3 is 2.79 bits per heavy atom. The van der Waals surface area contributed by atoms with Gasteiger partial charge in [-0.25, -0.2) is 4.79 Å². The minimum absolute atomic E-state index is 0.0536. The minimum Gasteiger partial charge on any atom is -0.477 e. The van der Waals surface area contributed by atoms with Gasteiger partial charge in [-0.15, -0.1) is 11.8 Å². The third-order valence-corrected chi connectivity index (χ3v) is 5.72. The van der Waals surface area contributed by atoms with Crippen LogP contribution in [0.1, 0.15) is 6.92 Å². The van der Waals surface area contributed by atoms with Crippen LogP contribution < -0.4 is 5.73 Å². The molecule has 0 aromatic rings. The summed E-state index contributed by atoms with van der Waals surface area (Å²) in [5.74, 6) is -2.16. The Hall–Kier alpha value is -1.19. The zero-order valence-corrected chi connectivity index (χ0v) is 11.6. The van der Waals surface area contributed by atoms with E-state index >= 15 is 0 Å². The van der Waals surface area contributed by atoms with Gasteiger partial charge in [0.2, 0.25) is 5.91 Å². The molecule has 1 unspecified atom stereocenters. The minimum atomic E-state index is -1.18. The number of carboxylic acid groups (broad SMARTS) is 1. The van der Waals surface area contributed by atoms with Crippen LogP contribution in [0.2, 0.25) is 0 Å². The molecular formula is C10H13N3O4S2. The summed E-state index contributed by atoms with van der Waals surface area (Å²) in [6, 6.07) is 0. The number of aliphatic carboxylic acids is 1. The fourth-order valence-corrected chi connectivity index (χ4v) is 4.72. The van der Waals surface area contributed by atoms with Gasteiger partial charge in [0.1, 0.15) is 11.2 Å². The van der Waals surface area contributed by atoms with Crippen molar-refractivity contribution in [3.05, 3.63) is 9.93 Å². The van der Waals surface area contributed by atoms with E-state index in [1.807, 2.05) is 0 Å². The second kappa shape index (κ2) is 5.06. The van der Waals surface area contributed by atoms with Crippen molar-refractivity contribution in [3.63, 3.8) is 0 Å². The van der Waals surface area contributed by atoms with Crippen LogP contribution in [0, 0.1) is 11.3 Å². The molecule has 1 fully saturated rings. The standard InChI is InChI=1S/C10H13N3O4S2/c1-3(6(11)12)18-10-5(9(16)17)13-7(15)4(2-14)8(13)19-10/h3-4,8,14H,2H2,1H3,(H3,11,12)(H,16,17)/t3?,4-,8+/m0/s1. The van der Waals surface area contributed by atoms with Crippen LogP contribution in [-0.4, -0.2) is 50.1 Å². The van der Waals surface area contributed by atoms with Crippen molar-refractivity contribution >= 4 is 41.2 Å². The topological polar surface area (TPSA) is 128 Å². The van der Waals surface area contributed by atoms with E-state index in [1.165, 1.54) is 16.7 Å². The van der Waals surface area contributed by atoms with E-state index in [0.717, 1.165) is 11.8 Å². The lowest BCUT2D eigenvalue weighted by atomic mass is 9.99. The van der Waals surface area contributed by atoms with Crippen molar-refractivity contribution in [3.8, 4) is 0 Å². The Bertz CT molecular complexity index is 493. The zero-order chi connectivity index (χ0) is 14.3. The van der Waals surface area contributed by atoms with Crippen LogP contribution >= 0.6 is 23.5 Å². The predicted molar refractivity (Wildman–Crippen MR) is 72.4 cm³/mol. The summed E-state index contributed by atoms with van der Waals surface area (Å²) in [6.45, 7) is 1.40. The lowest BCUT2D eigenvalue weighted by Crippen LogP contribution is -2.58. The van der Waals surface area contributed by atoms with E-state index in [9.17, 15) is 14.7 Å². The van der Waals surface area contributed by atoms with Crippen molar-refractivity contribution in [2.75, 3.05) is 6.61 Å². The molecule has 19 heavy (non-hydrogen) atoms. The van der Waals surface area contributed by atoms with Gasteiger partial charge in [0.05, 0.1) is 22.0 Å². The predicted octanol–water partition coefficient (Wildman–Crippen LogP) is -0.179. The number of β-lactam (4-membered cyclic amide) rings is 1. The van der Waals surface area contributed by atoms with Crippen molar-refractivity contribution in [1.82, 2.24) is 4.90 Å². The zero-order valence-electron chi connectivity index (χ0n) is 9.99. The van der Waals surface area contributed by atoms with Crippen LogP contribution in [0.3, 0.4) is 0 Å². The molecule has 0 radical (unpaired) electrons. The molecule has 2 aliphatic rings. The summed E-state index contributed by atoms with van der Waals surface area (Å²) in [6.07, 6.45) is 0. The lowest BCUT2D eigenvalue weighted by Gasteiger charge is -2.41. The summed E-state index contributed by atoms with van der Waals surface area (Å²) in [5.41, 5.74) is 5.30. The number of nitrogens with one attached hydrogen (secondary N) is 1. The van der Waals surface area contributed by atoms with Crippen molar-refractivity contribution in [1.29, 1.82) is 5.41 Å². The number of nitrogens with zero attached hydrogens (tertiary/aromatic N) is 1. The highest BCUT2D eigenvalue weighted by Gasteiger charge is 2.56. The molecule has 0 saturated carbocycles. The Balaban J connectivity index is 2.25. The Morgan fingerprint density at radius 2 is 2.32 bits per heavy atom. The summed E-state index contributed by atoms with van der Waals surface area (Å²) in [7, 11) is 0. The molecule has 2 rings (SSSR count). The SMILES string of the molecule is CC(SC1=C(C(=O)O)N2C(=O)[C@H](CO)[C@H]2S1)C(=N)N. The molecule has 2 heterocycles. The van der Waals surface area contributed by atoms with Crippen LogP contribution in [0.4, 0.5) is 0 Å². The van der Waals surface area contributed by atoms with Crippen molar-refractivity contribution < 1.29 is 19.8 Å². The third kappa shape index (κ3) is 2.21. The second-order valence-electron chi connectivity index (χ2n) is 4.16. The van der Waals surface area contributed by atoms with Gasteiger partial charge in [0.15, 0.2) is 5.70 Å². The van der Waals surface area contributed by atoms with Gasteiger partial charge in [-0.1, -0.05) is 11.8 Å².